The molecule has 1 fully saturated rings. The van der Waals surface area contributed by atoms with Crippen LogP contribution in [0.15, 0.2) is 0 Å². The van der Waals surface area contributed by atoms with Gasteiger partial charge in [0.15, 0.2) is 0 Å². The molecule has 0 radical (unpaired) electrons. The predicted octanol–water partition coefficient (Wildman–Crippen LogP) is 3.03. The molecule has 1 atom stereocenters. The second-order valence-corrected chi connectivity index (χ2v) is 5.19. The summed E-state index contributed by atoms with van der Waals surface area (Å²) in [6.07, 6.45) is 9.71. The van der Waals surface area contributed by atoms with Gasteiger partial charge in [-0.25, -0.2) is 0 Å². The third-order valence-corrected chi connectivity index (χ3v) is 3.68. The maximum Gasteiger partial charge on any atom is 0.00790 e. The number of nitrogens with zero attached hydrogens (tertiary/aromatic N) is 1. The van der Waals surface area contributed by atoms with Crippen LogP contribution in [0.4, 0.5) is 0 Å². The second-order valence-electron chi connectivity index (χ2n) is 5.19. The van der Waals surface area contributed by atoms with Crippen LogP contribution in [0.5, 0.6) is 0 Å². The molecule has 1 unspecified atom stereocenters. The van der Waals surface area contributed by atoms with Crippen molar-refractivity contribution in [2.24, 2.45) is 0 Å². The smallest absolute Gasteiger partial charge is 0.00790 e. The van der Waals surface area contributed by atoms with Crippen molar-refractivity contribution in [3.05, 3.63) is 0 Å². The Balaban J connectivity index is 2.14. The normalized spacial score (nSPS) is 21.4. The molecule has 0 saturated carbocycles. The standard InChI is InChI=1S/C14H30N2/c1-3-10-15-11-9-14(2)16-12-7-5-4-6-8-13-16/h14-15H,3-13H2,1-2H3. The molecule has 1 aliphatic rings. The number of nitrogens with one attached hydrogen (secondary N) is 1. The van der Waals surface area contributed by atoms with Gasteiger partial charge in [-0.3, -0.25) is 0 Å². The topological polar surface area (TPSA) is 15.3 Å². The van der Waals surface area contributed by atoms with Crippen molar-refractivity contribution in [1.29, 1.82) is 0 Å². The summed E-state index contributed by atoms with van der Waals surface area (Å²) in [7, 11) is 0. The fourth-order valence-corrected chi connectivity index (χ4v) is 2.51. The molecule has 0 aromatic rings. The minimum Gasteiger partial charge on any atom is -0.317 e. The highest BCUT2D eigenvalue weighted by Crippen LogP contribution is 2.13. The molecule has 0 aliphatic carbocycles. The molecule has 1 saturated heterocycles. The van der Waals surface area contributed by atoms with Crippen molar-refractivity contribution >= 4 is 0 Å². The van der Waals surface area contributed by atoms with Crippen LogP contribution in [0, 0.1) is 0 Å². The highest BCUT2D eigenvalue weighted by atomic mass is 15.1. The molecule has 0 bridgehead atoms. The Labute approximate surface area is 102 Å². The molecule has 1 rings (SSSR count). The van der Waals surface area contributed by atoms with E-state index in [0.717, 1.165) is 6.04 Å². The second kappa shape index (κ2) is 9.00. The molecule has 1 N–H and O–H groups in total. The van der Waals surface area contributed by atoms with E-state index in [4.69, 9.17) is 0 Å². The summed E-state index contributed by atoms with van der Waals surface area (Å²) in [6.45, 7) is 9.64. The van der Waals surface area contributed by atoms with Gasteiger partial charge in [0, 0.05) is 6.04 Å². The van der Waals surface area contributed by atoms with Gasteiger partial charge in [-0.15, -0.1) is 0 Å². The zero-order valence-electron chi connectivity index (χ0n) is 11.3. The molecular formula is C14H30N2. The monoisotopic (exact) mass is 226 g/mol. The van der Waals surface area contributed by atoms with Gasteiger partial charge in [-0.05, 0) is 58.8 Å². The third-order valence-electron chi connectivity index (χ3n) is 3.68. The Morgan fingerprint density at radius 3 is 2.25 bits per heavy atom. The van der Waals surface area contributed by atoms with E-state index < -0.39 is 0 Å². The summed E-state index contributed by atoms with van der Waals surface area (Å²) in [5.74, 6) is 0. The van der Waals surface area contributed by atoms with Crippen LogP contribution in [-0.4, -0.2) is 37.1 Å². The lowest BCUT2D eigenvalue weighted by atomic mass is 10.1. The van der Waals surface area contributed by atoms with Crippen LogP contribution >= 0.6 is 0 Å². The van der Waals surface area contributed by atoms with E-state index in [1.54, 1.807) is 0 Å². The van der Waals surface area contributed by atoms with E-state index in [1.807, 2.05) is 0 Å². The average molecular weight is 226 g/mol. The summed E-state index contributed by atoms with van der Waals surface area (Å²) < 4.78 is 0. The zero-order chi connectivity index (χ0) is 11.6. The van der Waals surface area contributed by atoms with Gasteiger partial charge in [-0.1, -0.05) is 26.2 Å². The molecule has 2 heteroatoms. The van der Waals surface area contributed by atoms with Crippen molar-refractivity contribution in [3.63, 3.8) is 0 Å². The SMILES string of the molecule is CCCNCCC(C)N1CCCCCCC1. The molecule has 2 nitrogen and oxygen atoms in total. The highest BCUT2D eigenvalue weighted by Gasteiger charge is 2.14. The molecular weight excluding hydrogens is 196 g/mol. The minimum absolute atomic E-state index is 0.766. The summed E-state index contributed by atoms with van der Waals surface area (Å²) in [6, 6.07) is 0.766. The Morgan fingerprint density at radius 1 is 1.00 bits per heavy atom. The van der Waals surface area contributed by atoms with E-state index in [9.17, 15) is 0 Å². The van der Waals surface area contributed by atoms with Crippen molar-refractivity contribution < 1.29 is 0 Å². The first kappa shape index (κ1) is 14.0. The maximum absolute atomic E-state index is 3.51. The van der Waals surface area contributed by atoms with Crippen molar-refractivity contribution in [2.75, 3.05) is 26.2 Å². The van der Waals surface area contributed by atoms with Crippen LogP contribution < -0.4 is 5.32 Å². The lowest BCUT2D eigenvalue weighted by Crippen LogP contribution is -2.37. The largest absolute Gasteiger partial charge is 0.317 e. The molecule has 0 aromatic heterocycles. The van der Waals surface area contributed by atoms with Crippen LogP contribution in [0.3, 0.4) is 0 Å². The summed E-state index contributed by atoms with van der Waals surface area (Å²) in [5.41, 5.74) is 0. The molecule has 0 spiro atoms. The van der Waals surface area contributed by atoms with Gasteiger partial charge in [-0.2, -0.15) is 0 Å². The Bertz CT molecular complexity index is 151. The first-order valence-electron chi connectivity index (χ1n) is 7.29. The van der Waals surface area contributed by atoms with Gasteiger partial charge in [0.1, 0.15) is 0 Å². The third kappa shape index (κ3) is 5.86. The highest BCUT2D eigenvalue weighted by molar-refractivity contribution is 4.70. The molecule has 1 heterocycles. The van der Waals surface area contributed by atoms with E-state index in [0.29, 0.717) is 0 Å². The molecule has 16 heavy (non-hydrogen) atoms. The van der Waals surface area contributed by atoms with Crippen LogP contribution in [0.25, 0.3) is 0 Å². The van der Waals surface area contributed by atoms with Gasteiger partial charge in [0.2, 0.25) is 0 Å². The lowest BCUT2D eigenvalue weighted by Gasteiger charge is -2.30. The minimum atomic E-state index is 0.766. The Hall–Kier alpha value is -0.0800. The van der Waals surface area contributed by atoms with Crippen molar-refractivity contribution in [2.45, 2.75) is 64.8 Å². The molecule has 0 aromatic carbocycles. The number of hydrogen-bond donors (Lipinski definition) is 1. The molecule has 0 amide bonds. The lowest BCUT2D eigenvalue weighted by molar-refractivity contribution is 0.182. The van der Waals surface area contributed by atoms with Gasteiger partial charge in [0.25, 0.3) is 0 Å². The summed E-state index contributed by atoms with van der Waals surface area (Å²) >= 11 is 0. The van der Waals surface area contributed by atoms with Gasteiger partial charge >= 0.3 is 0 Å². The number of likely N-dealkylation sites (tertiary alicyclic amines) is 1. The van der Waals surface area contributed by atoms with Crippen LogP contribution in [0.2, 0.25) is 0 Å². The zero-order valence-corrected chi connectivity index (χ0v) is 11.3. The first-order valence-corrected chi connectivity index (χ1v) is 7.29. The maximum atomic E-state index is 3.51. The fourth-order valence-electron chi connectivity index (χ4n) is 2.51. The van der Waals surface area contributed by atoms with Crippen LogP contribution in [0.1, 0.15) is 58.8 Å². The quantitative estimate of drug-likeness (QED) is 0.700. The number of rotatable bonds is 6. The van der Waals surface area contributed by atoms with E-state index in [-0.39, 0.29) is 0 Å². The van der Waals surface area contributed by atoms with Crippen LogP contribution in [-0.2, 0) is 0 Å². The average Bonchev–Trinajstić information content (AvgIpc) is 2.23. The first-order chi connectivity index (χ1) is 7.84. The van der Waals surface area contributed by atoms with Crippen molar-refractivity contribution in [3.8, 4) is 0 Å². The summed E-state index contributed by atoms with van der Waals surface area (Å²) in [5, 5.41) is 3.51. The molecule has 1 aliphatic heterocycles. The molecule has 96 valence electrons. The van der Waals surface area contributed by atoms with Gasteiger partial charge in [0.05, 0.1) is 0 Å². The van der Waals surface area contributed by atoms with Crippen molar-refractivity contribution in [1.82, 2.24) is 10.2 Å². The van der Waals surface area contributed by atoms with Gasteiger partial charge < -0.3 is 10.2 Å². The Kier molecular flexibility index (Phi) is 7.87. The summed E-state index contributed by atoms with van der Waals surface area (Å²) in [4.78, 5) is 2.70. The Morgan fingerprint density at radius 2 is 1.62 bits per heavy atom. The number of hydrogen-bond acceptors (Lipinski definition) is 2. The van der Waals surface area contributed by atoms with E-state index >= 15 is 0 Å². The van der Waals surface area contributed by atoms with E-state index in [2.05, 4.69) is 24.1 Å². The van der Waals surface area contributed by atoms with E-state index in [1.165, 1.54) is 71.1 Å². The predicted molar refractivity (Wildman–Crippen MR) is 71.9 cm³/mol. The fraction of sp³-hybridized carbons (Fsp3) is 1.00.